The Balaban J connectivity index is 2.00. The number of hydrogen-bond donors (Lipinski definition) is 3. The van der Waals surface area contributed by atoms with E-state index in [4.69, 9.17) is 10.5 Å². The Morgan fingerprint density at radius 3 is 2.58 bits per heavy atom. The largest absolute Gasteiger partial charge is 0.494 e. The monoisotopic (exact) mass is 366 g/mol. The standard InChI is InChI=1S/C19H27FN2O4/c1-12(11-23)9-22-10-13-7-15(20)16(26-2)8-14(13)19(22)5-3-18(21,4-6-19)17(24)25/h7-8,12,23H,3-6,9-11,21H2,1-2H3,(H,24,25)/t12-,18?,19?/m1/s1. The van der Waals surface area contributed by atoms with Crippen molar-refractivity contribution in [1.29, 1.82) is 0 Å². The first-order chi connectivity index (χ1) is 12.3. The van der Waals surface area contributed by atoms with Crippen LogP contribution in [0, 0.1) is 11.7 Å². The van der Waals surface area contributed by atoms with Crippen molar-refractivity contribution in [1.82, 2.24) is 4.90 Å². The molecule has 1 atom stereocenters. The van der Waals surface area contributed by atoms with E-state index in [0.29, 0.717) is 38.8 Å². The van der Waals surface area contributed by atoms with E-state index in [0.717, 1.165) is 11.1 Å². The Morgan fingerprint density at radius 2 is 2.04 bits per heavy atom. The molecule has 0 aromatic heterocycles. The molecule has 2 aliphatic rings. The van der Waals surface area contributed by atoms with E-state index >= 15 is 0 Å². The molecule has 1 aliphatic heterocycles. The maximum Gasteiger partial charge on any atom is 0.323 e. The third-order valence-electron chi connectivity index (χ3n) is 6.08. The van der Waals surface area contributed by atoms with E-state index in [1.165, 1.54) is 13.2 Å². The van der Waals surface area contributed by atoms with Gasteiger partial charge in [-0.15, -0.1) is 0 Å². The minimum absolute atomic E-state index is 0.0660. The van der Waals surface area contributed by atoms with Crippen LogP contribution in [0.3, 0.4) is 0 Å². The summed E-state index contributed by atoms with van der Waals surface area (Å²) in [5.74, 6) is -1.11. The third kappa shape index (κ3) is 2.98. The van der Waals surface area contributed by atoms with Crippen molar-refractivity contribution in [3.63, 3.8) is 0 Å². The van der Waals surface area contributed by atoms with Crippen LogP contribution >= 0.6 is 0 Å². The highest BCUT2D eigenvalue weighted by atomic mass is 19.1. The fourth-order valence-corrected chi connectivity index (χ4v) is 4.42. The summed E-state index contributed by atoms with van der Waals surface area (Å²) in [5.41, 5.74) is 6.37. The van der Waals surface area contributed by atoms with E-state index in [-0.39, 0.29) is 18.3 Å². The van der Waals surface area contributed by atoms with Crippen molar-refractivity contribution in [3.05, 3.63) is 29.1 Å². The molecule has 0 saturated heterocycles. The molecule has 26 heavy (non-hydrogen) atoms. The Labute approximate surface area is 152 Å². The zero-order valence-corrected chi connectivity index (χ0v) is 15.3. The smallest absolute Gasteiger partial charge is 0.323 e. The summed E-state index contributed by atoms with van der Waals surface area (Å²) in [5, 5.41) is 18.9. The van der Waals surface area contributed by atoms with Crippen molar-refractivity contribution in [3.8, 4) is 5.75 Å². The maximum absolute atomic E-state index is 14.2. The van der Waals surface area contributed by atoms with Crippen LogP contribution in [0.15, 0.2) is 12.1 Å². The number of methoxy groups -OCH3 is 1. The first-order valence-corrected chi connectivity index (χ1v) is 9.01. The van der Waals surface area contributed by atoms with E-state index in [9.17, 15) is 19.4 Å². The minimum atomic E-state index is -1.22. The zero-order chi connectivity index (χ0) is 19.1. The Hall–Kier alpha value is -1.70. The summed E-state index contributed by atoms with van der Waals surface area (Å²) in [6, 6.07) is 3.26. The highest BCUT2D eigenvalue weighted by Crippen LogP contribution is 2.51. The van der Waals surface area contributed by atoms with Gasteiger partial charge in [0.1, 0.15) is 5.54 Å². The molecule has 7 heteroatoms. The van der Waals surface area contributed by atoms with Crippen molar-refractivity contribution >= 4 is 5.97 Å². The van der Waals surface area contributed by atoms with Gasteiger partial charge in [0.25, 0.3) is 0 Å². The lowest BCUT2D eigenvalue weighted by atomic mass is 9.69. The summed E-state index contributed by atoms with van der Waals surface area (Å²) in [4.78, 5) is 13.8. The number of fused-ring (bicyclic) bond motifs is 2. The number of ether oxygens (including phenoxy) is 1. The van der Waals surface area contributed by atoms with Crippen LogP contribution < -0.4 is 10.5 Å². The predicted octanol–water partition coefficient (Wildman–Crippen LogP) is 1.83. The number of carboxylic acids is 1. The third-order valence-corrected chi connectivity index (χ3v) is 6.08. The molecule has 1 aromatic carbocycles. The van der Waals surface area contributed by atoms with Gasteiger partial charge in [0.05, 0.1) is 7.11 Å². The number of nitrogens with two attached hydrogens (primary N) is 1. The van der Waals surface area contributed by atoms with Gasteiger partial charge >= 0.3 is 5.97 Å². The molecule has 1 spiro atoms. The number of hydrogen-bond acceptors (Lipinski definition) is 5. The van der Waals surface area contributed by atoms with Gasteiger partial charge in [0.15, 0.2) is 11.6 Å². The van der Waals surface area contributed by atoms with Gasteiger partial charge in [-0.3, -0.25) is 9.69 Å². The van der Waals surface area contributed by atoms with E-state index in [2.05, 4.69) is 4.90 Å². The summed E-state index contributed by atoms with van der Waals surface area (Å²) in [6.07, 6.45) is 1.86. The number of aliphatic carboxylic acids is 1. The lowest BCUT2D eigenvalue weighted by Gasteiger charge is -2.47. The lowest BCUT2D eigenvalue weighted by molar-refractivity contribution is -0.146. The van der Waals surface area contributed by atoms with Gasteiger partial charge in [-0.1, -0.05) is 6.92 Å². The van der Waals surface area contributed by atoms with Crippen molar-refractivity contribution in [2.75, 3.05) is 20.3 Å². The fraction of sp³-hybridized carbons (Fsp3) is 0.632. The fourth-order valence-electron chi connectivity index (χ4n) is 4.42. The van der Waals surface area contributed by atoms with Gasteiger partial charge in [-0.25, -0.2) is 4.39 Å². The van der Waals surface area contributed by atoms with E-state index in [1.54, 1.807) is 6.07 Å². The Morgan fingerprint density at radius 1 is 1.38 bits per heavy atom. The van der Waals surface area contributed by atoms with Crippen LogP contribution in [-0.2, 0) is 16.9 Å². The number of halogens is 1. The number of aliphatic hydroxyl groups is 1. The number of carboxylic acid groups (broad SMARTS) is 1. The second kappa shape index (κ2) is 6.79. The summed E-state index contributed by atoms with van der Waals surface area (Å²) >= 11 is 0. The number of carbonyl (C=O) groups is 1. The van der Waals surface area contributed by atoms with Crippen molar-refractivity contribution in [2.24, 2.45) is 11.7 Å². The molecule has 0 bridgehead atoms. The van der Waals surface area contributed by atoms with Crippen molar-refractivity contribution < 1.29 is 24.1 Å². The van der Waals surface area contributed by atoms with Crippen molar-refractivity contribution in [2.45, 2.75) is 50.2 Å². The van der Waals surface area contributed by atoms with E-state index < -0.39 is 22.9 Å². The highest BCUT2D eigenvalue weighted by Gasteiger charge is 2.52. The summed E-state index contributed by atoms with van der Waals surface area (Å²) in [6.45, 7) is 3.26. The van der Waals surface area contributed by atoms with Crippen LogP contribution in [0.5, 0.6) is 5.75 Å². The predicted molar refractivity (Wildman–Crippen MR) is 94.3 cm³/mol. The lowest BCUT2D eigenvalue weighted by Crippen LogP contribution is -2.56. The summed E-state index contributed by atoms with van der Waals surface area (Å²) in [7, 11) is 1.44. The molecule has 0 amide bonds. The first kappa shape index (κ1) is 19.1. The van der Waals surface area contributed by atoms with Gasteiger partial charge in [0.2, 0.25) is 0 Å². The zero-order valence-electron chi connectivity index (χ0n) is 15.3. The van der Waals surface area contributed by atoms with Crippen LogP contribution in [0.25, 0.3) is 0 Å². The second-order valence-corrected chi connectivity index (χ2v) is 7.81. The van der Waals surface area contributed by atoms with Crippen LogP contribution in [0.1, 0.15) is 43.7 Å². The number of aliphatic hydroxyl groups excluding tert-OH is 1. The molecule has 1 aromatic rings. The molecular formula is C19H27FN2O4. The van der Waals surface area contributed by atoms with Gasteiger partial charge in [0, 0.05) is 25.2 Å². The molecule has 3 rings (SSSR count). The molecular weight excluding hydrogens is 339 g/mol. The maximum atomic E-state index is 14.2. The normalized spacial score (nSPS) is 29.6. The SMILES string of the molecule is COc1cc2c(cc1F)CN(C[C@@H](C)CO)C21CCC(N)(C(=O)O)CC1. The molecule has 4 N–H and O–H groups in total. The topological polar surface area (TPSA) is 96.0 Å². The molecule has 6 nitrogen and oxygen atoms in total. The minimum Gasteiger partial charge on any atom is -0.494 e. The van der Waals surface area contributed by atoms with Gasteiger partial charge < -0.3 is 20.7 Å². The van der Waals surface area contributed by atoms with Gasteiger partial charge in [-0.2, -0.15) is 0 Å². The quantitative estimate of drug-likeness (QED) is 0.736. The summed E-state index contributed by atoms with van der Waals surface area (Å²) < 4.78 is 19.4. The molecule has 0 unspecified atom stereocenters. The van der Waals surface area contributed by atoms with Crippen LogP contribution in [0.4, 0.5) is 4.39 Å². The average molecular weight is 366 g/mol. The van der Waals surface area contributed by atoms with Crippen LogP contribution in [0.2, 0.25) is 0 Å². The highest BCUT2D eigenvalue weighted by molar-refractivity contribution is 5.78. The Bertz CT molecular complexity index is 701. The molecule has 1 fully saturated rings. The number of nitrogens with zero attached hydrogens (tertiary/aromatic N) is 1. The molecule has 144 valence electrons. The number of benzene rings is 1. The molecule has 1 aliphatic carbocycles. The van der Waals surface area contributed by atoms with Gasteiger partial charge in [-0.05, 0) is 54.9 Å². The average Bonchev–Trinajstić information content (AvgIpc) is 2.89. The molecule has 1 heterocycles. The van der Waals surface area contributed by atoms with E-state index in [1.807, 2.05) is 6.92 Å². The molecule has 0 radical (unpaired) electrons. The van der Waals surface area contributed by atoms with Crippen LogP contribution in [-0.4, -0.2) is 46.9 Å². The second-order valence-electron chi connectivity index (χ2n) is 7.81. The number of rotatable bonds is 5. The molecule has 1 saturated carbocycles. The Kier molecular flexibility index (Phi) is 4.98. The first-order valence-electron chi connectivity index (χ1n) is 9.01.